The highest BCUT2D eigenvalue weighted by Gasteiger charge is 2.36. The number of benzene rings is 1. The molecule has 1 aromatic carbocycles. The van der Waals surface area contributed by atoms with Gasteiger partial charge in [-0.2, -0.15) is 0 Å². The van der Waals surface area contributed by atoms with Gasteiger partial charge in [-0.05, 0) is 12.0 Å². The number of aromatic nitrogens is 1. The lowest BCUT2D eigenvalue weighted by Crippen LogP contribution is -2.58. The minimum Gasteiger partial charge on any atom is -0.378 e. The molecule has 0 saturated carbocycles. The molecule has 1 aromatic heterocycles. The summed E-state index contributed by atoms with van der Waals surface area (Å²) in [5.41, 5.74) is 2.40. The van der Waals surface area contributed by atoms with Crippen molar-refractivity contribution in [3.8, 4) is 0 Å². The summed E-state index contributed by atoms with van der Waals surface area (Å²) >= 11 is 0. The van der Waals surface area contributed by atoms with Crippen LogP contribution in [0.15, 0.2) is 40.9 Å². The molecule has 2 atom stereocenters. The van der Waals surface area contributed by atoms with Gasteiger partial charge in [-0.15, -0.1) is 0 Å². The molecule has 128 valence electrons. The van der Waals surface area contributed by atoms with E-state index in [4.69, 9.17) is 9.26 Å². The summed E-state index contributed by atoms with van der Waals surface area (Å²) in [4.78, 5) is 5.07. The molecule has 2 aliphatic heterocycles. The van der Waals surface area contributed by atoms with Crippen LogP contribution in [0.4, 0.5) is 0 Å². The molecule has 0 spiro atoms. The second-order valence-corrected chi connectivity index (χ2v) is 6.73. The maximum atomic E-state index is 5.92. The zero-order valence-electron chi connectivity index (χ0n) is 14.2. The third-order valence-corrected chi connectivity index (χ3v) is 5.13. The van der Waals surface area contributed by atoms with E-state index in [-0.39, 0.29) is 0 Å². The molecule has 0 aliphatic carbocycles. The van der Waals surface area contributed by atoms with Gasteiger partial charge in [0.2, 0.25) is 0 Å². The van der Waals surface area contributed by atoms with E-state index in [2.05, 4.69) is 58.3 Å². The van der Waals surface area contributed by atoms with Gasteiger partial charge < -0.3 is 9.26 Å². The number of hydrogen-bond acceptors (Lipinski definition) is 5. The van der Waals surface area contributed by atoms with Gasteiger partial charge in [0.05, 0.1) is 31.5 Å². The highest BCUT2D eigenvalue weighted by Crippen LogP contribution is 2.29. The SMILES string of the molecule is CCc1cc(CN2CCN3[C@@H](COC[C@@H]3c3ccccc3)C2)on1. The van der Waals surface area contributed by atoms with Gasteiger partial charge in [-0.3, -0.25) is 9.80 Å². The smallest absolute Gasteiger partial charge is 0.150 e. The van der Waals surface area contributed by atoms with Crippen molar-refractivity contribution >= 4 is 0 Å². The molecule has 24 heavy (non-hydrogen) atoms. The number of fused-ring (bicyclic) bond motifs is 1. The van der Waals surface area contributed by atoms with Gasteiger partial charge in [-0.25, -0.2) is 0 Å². The number of ether oxygens (including phenoxy) is 1. The fraction of sp³-hybridized carbons (Fsp3) is 0.526. The first-order valence-corrected chi connectivity index (χ1v) is 8.88. The first kappa shape index (κ1) is 15.8. The molecule has 0 unspecified atom stereocenters. The molecule has 0 bridgehead atoms. The number of piperazine rings is 1. The van der Waals surface area contributed by atoms with Gasteiger partial charge in [0, 0.05) is 31.7 Å². The van der Waals surface area contributed by atoms with E-state index in [1.165, 1.54) is 5.56 Å². The minimum atomic E-state index is 0.379. The van der Waals surface area contributed by atoms with Crippen LogP contribution in [0.5, 0.6) is 0 Å². The first-order chi connectivity index (χ1) is 11.8. The van der Waals surface area contributed by atoms with Crippen LogP contribution in [0, 0.1) is 0 Å². The molecule has 3 heterocycles. The number of hydrogen-bond donors (Lipinski definition) is 0. The summed E-state index contributed by atoms with van der Waals surface area (Å²) in [7, 11) is 0. The quantitative estimate of drug-likeness (QED) is 0.863. The monoisotopic (exact) mass is 327 g/mol. The van der Waals surface area contributed by atoms with Crippen molar-refractivity contribution in [2.24, 2.45) is 0 Å². The molecule has 2 aromatic rings. The number of morpholine rings is 1. The van der Waals surface area contributed by atoms with E-state index < -0.39 is 0 Å². The first-order valence-electron chi connectivity index (χ1n) is 8.88. The fourth-order valence-corrected chi connectivity index (χ4v) is 3.83. The molecular weight excluding hydrogens is 302 g/mol. The standard InChI is InChI=1S/C19H25N3O2/c1-2-16-10-18(24-20-16)12-21-8-9-22-17(11-21)13-23-14-19(22)15-6-4-3-5-7-15/h3-7,10,17,19H,2,8-9,11-14H2,1H3/t17-,19-/m1/s1. The average Bonchev–Trinajstić information content (AvgIpc) is 3.09. The van der Waals surface area contributed by atoms with Crippen LogP contribution >= 0.6 is 0 Å². The molecule has 2 aliphatic rings. The molecule has 2 fully saturated rings. The Kier molecular flexibility index (Phi) is 4.65. The van der Waals surface area contributed by atoms with Crippen molar-refractivity contribution in [1.82, 2.24) is 15.0 Å². The molecule has 0 N–H and O–H groups in total. The van der Waals surface area contributed by atoms with E-state index in [1.54, 1.807) is 0 Å². The predicted molar refractivity (Wildman–Crippen MR) is 91.7 cm³/mol. The maximum Gasteiger partial charge on any atom is 0.150 e. The predicted octanol–water partition coefficient (Wildman–Crippen LogP) is 2.49. The summed E-state index contributed by atoms with van der Waals surface area (Å²) in [6.45, 7) is 7.70. The van der Waals surface area contributed by atoms with Crippen LogP contribution in [0.1, 0.15) is 30.0 Å². The summed E-state index contributed by atoms with van der Waals surface area (Å²) in [5.74, 6) is 0.969. The van der Waals surface area contributed by atoms with E-state index in [0.717, 1.165) is 57.3 Å². The molecule has 0 radical (unpaired) electrons. The topological polar surface area (TPSA) is 41.7 Å². The van der Waals surface area contributed by atoms with Crippen LogP contribution in [-0.4, -0.2) is 53.8 Å². The van der Waals surface area contributed by atoms with E-state index in [0.29, 0.717) is 12.1 Å². The number of nitrogens with zero attached hydrogens (tertiary/aromatic N) is 3. The Balaban J connectivity index is 1.42. The van der Waals surface area contributed by atoms with E-state index >= 15 is 0 Å². The van der Waals surface area contributed by atoms with Crippen molar-refractivity contribution in [2.75, 3.05) is 32.8 Å². The third kappa shape index (κ3) is 3.24. The Bertz CT molecular complexity index is 658. The van der Waals surface area contributed by atoms with Crippen LogP contribution in [-0.2, 0) is 17.7 Å². The molecule has 2 saturated heterocycles. The van der Waals surface area contributed by atoms with Gasteiger partial charge in [-0.1, -0.05) is 42.4 Å². The van der Waals surface area contributed by atoms with Crippen LogP contribution in [0.25, 0.3) is 0 Å². The molecule has 4 rings (SSSR count). The lowest BCUT2D eigenvalue weighted by Gasteiger charge is -2.48. The van der Waals surface area contributed by atoms with Gasteiger partial charge in [0.25, 0.3) is 0 Å². The van der Waals surface area contributed by atoms with Crippen molar-refractivity contribution in [3.05, 3.63) is 53.4 Å². The molecule has 0 amide bonds. The van der Waals surface area contributed by atoms with Crippen LogP contribution < -0.4 is 0 Å². The summed E-state index contributed by atoms with van der Waals surface area (Å²) in [6.07, 6.45) is 0.923. The largest absolute Gasteiger partial charge is 0.378 e. The van der Waals surface area contributed by atoms with Crippen LogP contribution in [0.2, 0.25) is 0 Å². The van der Waals surface area contributed by atoms with Gasteiger partial charge >= 0.3 is 0 Å². The summed E-state index contributed by atoms with van der Waals surface area (Å²) < 4.78 is 11.4. The summed E-state index contributed by atoms with van der Waals surface area (Å²) in [5, 5.41) is 4.10. The van der Waals surface area contributed by atoms with Gasteiger partial charge in [0.1, 0.15) is 0 Å². The van der Waals surface area contributed by atoms with Crippen LogP contribution in [0.3, 0.4) is 0 Å². The Labute approximate surface area is 143 Å². The van der Waals surface area contributed by atoms with Crippen molar-refractivity contribution in [1.29, 1.82) is 0 Å². The lowest BCUT2D eigenvalue weighted by molar-refractivity contribution is -0.0844. The Morgan fingerprint density at radius 1 is 1.17 bits per heavy atom. The number of aryl methyl sites for hydroxylation is 1. The summed E-state index contributed by atoms with van der Waals surface area (Å²) in [6, 6.07) is 13.6. The zero-order valence-corrected chi connectivity index (χ0v) is 14.2. The van der Waals surface area contributed by atoms with Crippen molar-refractivity contribution in [3.63, 3.8) is 0 Å². The average molecular weight is 327 g/mol. The van der Waals surface area contributed by atoms with Crippen molar-refractivity contribution < 1.29 is 9.26 Å². The van der Waals surface area contributed by atoms with Crippen molar-refractivity contribution in [2.45, 2.75) is 32.0 Å². The molecular formula is C19H25N3O2. The number of rotatable bonds is 4. The van der Waals surface area contributed by atoms with Gasteiger partial charge in [0.15, 0.2) is 5.76 Å². The zero-order chi connectivity index (χ0) is 16.4. The highest BCUT2D eigenvalue weighted by atomic mass is 16.5. The normalized spacial score (nSPS) is 25.5. The fourth-order valence-electron chi connectivity index (χ4n) is 3.83. The second kappa shape index (κ2) is 7.05. The maximum absolute atomic E-state index is 5.92. The Morgan fingerprint density at radius 3 is 2.83 bits per heavy atom. The second-order valence-electron chi connectivity index (χ2n) is 6.73. The van der Waals surface area contributed by atoms with E-state index in [1.807, 2.05) is 0 Å². The Hall–Kier alpha value is -1.69. The molecule has 5 nitrogen and oxygen atoms in total. The molecule has 5 heteroatoms. The van der Waals surface area contributed by atoms with E-state index in [9.17, 15) is 0 Å². The minimum absolute atomic E-state index is 0.379. The lowest BCUT2D eigenvalue weighted by atomic mass is 10.00. The highest BCUT2D eigenvalue weighted by molar-refractivity contribution is 5.20. The Morgan fingerprint density at radius 2 is 2.04 bits per heavy atom. The third-order valence-electron chi connectivity index (χ3n) is 5.13.